The molecule has 4 heteroatoms. The Bertz CT molecular complexity index is 355. The highest BCUT2D eigenvalue weighted by molar-refractivity contribution is 5.29. The SMILES string of the molecule is COc1ccc(CN[C@H](CO)C(C)C)cc1F. The van der Waals surface area contributed by atoms with Gasteiger partial charge < -0.3 is 15.2 Å². The van der Waals surface area contributed by atoms with Crippen LogP contribution in [0.4, 0.5) is 4.39 Å². The van der Waals surface area contributed by atoms with Gasteiger partial charge in [0.1, 0.15) is 0 Å². The van der Waals surface area contributed by atoms with E-state index in [4.69, 9.17) is 9.84 Å². The minimum atomic E-state index is -0.364. The highest BCUT2D eigenvalue weighted by atomic mass is 19.1. The summed E-state index contributed by atoms with van der Waals surface area (Å²) in [5.41, 5.74) is 0.836. The molecule has 1 aromatic carbocycles. The van der Waals surface area contributed by atoms with Gasteiger partial charge in [-0.1, -0.05) is 19.9 Å². The Hall–Kier alpha value is -1.13. The van der Waals surface area contributed by atoms with E-state index in [1.165, 1.54) is 13.2 Å². The molecular weight excluding hydrogens is 221 g/mol. The van der Waals surface area contributed by atoms with Crippen molar-refractivity contribution in [3.05, 3.63) is 29.6 Å². The van der Waals surface area contributed by atoms with Gasteiger partial charge in [0.25, 0.3) is 0 Å². The van der Waals surface area contributed by atoms with Gasteiger partial charge in [0.15, 0.2) is 11.6 Å². The van der Waals surface area contributed by atoms with Gasteiger partial charge in [-0.05, 0) is 23.6 Å². The second kappa shape index (κ2) is 6.57. The van der Waals surface area contributed by atoms with Crippen LogP contribution in [0, 0.1) is 11.7 Å². The van der Waals surface area contributed by atoms with E-state index in [0.29, 0.717) is 12.5 Å². The predicted molar refractivity (Wildman–Crippen MR) is 65.5 cm³/mol. The van der Waals surface area contributed by atoms with E-state index in [9.17, 15) is 4.39 Å². The van der Waals surface area contributed by atoms with E-state index in [1.54, 1.807) is 6.07 Å². The molecule has 0 fully saturated rings. The van der Waals surface area contributed by atoms with Crippen molar-refractivity contribution in [3.63, 3.8) is 0 Å². The molecule has 2 N–H and O–H groups in total. The third kappa shape index (κ3) is 3.98. The number of methoxy groups -OCH3 is 1. The molecule has 0 unspecified atom stereocenters. The maximum Gasteiger partial charge on any atom is 0.165 e. The summed E-state index contributed by atoms with van der Waals surface area (Å²) in [7, 11) is 1.44. The lowest BCUT2D eigenvalue weighted by atomic mass is 10.1. The fourth-order valence-electron chi connectivity index (χ4n) is 1.58. The van der Waals surface area contributed by atoms with Gasteiger partial charge in [-0.3, -0.25) is 0 Å². The molecule has 0 amide bonds. The largest absolute Gasteiger partial charge is 0.494 e. The maximum atomic E-state index is 13.4. The van der Waals surface area contributed by atoms with E-state index in [1.807, 2.05) is 19.9 Å². The Labute approximate surface area is 102 Å². The molecule has 0 spiro atoms. The van der Waals surface area contributed by atoms with Crippen LogP contribution in [0.15, 0.2) is 18.2 Å². The molecule has 0 aliphatic heterocycles. The lowest BCUT2D eigenvalue weighted by molar-refractivity contribution is 0.210. The number of rotatable bonds is 6. The summed E-state index contributed by atoms with van der Waals surface area (Å²) in [6.45, 7) is 4.67. The Morgan fingerprint density at radius 3 is 2.59 bits per heavy atom. The Morgan fingerprint density at radius 1 is 1.41 bits per heavy atom. The summed E-state index contributed by atoms with van der Waals surface area (Å²) in [5, 5.41) is 12.3. The van der Waals surface area contributed by atoms with Crippen LogP contribution in [0.5, 0.6) is 5.75 Å². The van der Waals surface area contributed by atoms with Crippen molar-refractivity contribution in [3.8, 4) is 5.75 Å². The van der Waals surface area contributed by atoms with Crippen LogP contribution in [0.25, 0.3) is 0 Å². The van der Waals surface area contributed by atoms with E-state index in [2.05, 4.69) is 5.32 Å². The van der Waals surface area contributed by atoms with E-state index in [-0.39, 0.29) is 24.2 Å². The lowest BCUT2D eigenvalue weighted by Crippen LogP contribution is -2.36. The molecule has 0 radical (unpaired) electrons. The Balaban J connectivity index is 2.60. The first-order valence-corrected chi connectivity index (χ1v) is 5.75. The minimum absolute atomic E-state index is 0.0279. The predicted octanol–water partition coefficient (Wildman–Crippen LogP) is 1.94. The fourth-order valence-corrected chi connectivity index (χ4v) is 1.58. The van der Waals surface area contributed by atoms with E-state index in [0.717, 1.165) is 5.56 Å². The van der Waals surface area contributed by atoms with Gasteiger partial charge in [0.2, 0.25) is 0 Å². The van der Waals surface area contributed by atoms with Crippen molar-refractivity contribution >= 4 is 0 Å². The second-order valence-electron chi connectivity index (χ2n) is 4.38. The zero-order chi connectivity index (χ0) is 12.8. The molecule has 17 heavy (non-hydrogen) atoms. The zero-order valence-corrected chi connectivity index (χ0v) is 10.5. The van der Waals surface area contributed by atoms with Gasteiger partial charge >= 0.3 is 0 Å². The number of aliphatic hydroxyl groups excluding tert-OH is 1. The minimum Gasteiger partial charge on any atom is -0.494 e. The molecule has 1 atom stereocenters. The van der Waals surface area contributed by atoms with Crippen molar-refractivity contribution in [1.29, 1.82) is 0 Å². The number of halogens is 1. The standard InChI is InChI=1S/C13H20FNO2/c1-9(2)12(8-16)15-7-10-4-5-13(17-3)11(14)6-10/h4-6,9,12,15-16H,7-8H2,1-3H3/t12-/m1/s1. The number of aliphatic hydroxyl groups is 1. The summed E-state index contributed by atoms with van der Waals surface area (Å²) < 4.78 is 18.3. The van der Waals surface area contributed by atoms with Crippen LogP contribution < -0.4 is 10.1 Å². The third-order valence-corrected chi connectivity index (χ3v) is 2.79. The monoisotopic (exact) mass is 241 g/mol. The number of hydrogen-bond acceptors (Lipinski definition) is 3. The second-order valence-corrected chi connectivity index (χ2v) is 4.38. The van der Waals surface area contributed by atoms with Gasteiger partial charge in [0, 0.05) is 12.6 Å². The van der Waals surface area contributed by atoms with E-state index < -0.39 is 0 Å². The molecule has 1 aromatic rings. The average molecular weight is 241 g/mol. The molecular formula is C13H20FNO2. The topological polar surface area (TPSA) is 41.5 Å². The molecule has 0 aliphatic rings. The number of benzene rings is 1. The molecule has 0 bridgehead atoms. The van der Waals surface area contributed by atoms with Crippen molar-refractivity contribution in [1.82, 2.24) is 5.32 Å². The first-order valence-electron chi connectivity index (χ1n) is 5.75. The van der Waals surface area contributed by atoms with Crippen molar-refractivity contribution in [2.24, 2.45) is 5.92 Å². The molecule has 0 aromatic heterocycles. The Morgan fingerprint density at radius 2 is 2.12 bits per heavy atom. The summed E-state index contributed by atoms with van der Waals surface area (Å²) in [6, 6.07) is 4.89. The van der Waals surface area contributed by atoms with Gasteiger partial charge in [-0.15, -0.1) is 0 Å². The number of hydrogen-bond donors (Lipinski definition) is 2. The molecule has 0 saturated carbocycles. The van der Waals surface area contributed by atoms with Crippen LogP contribution >= 0.6 is 0 Å². The average Bonchev–Trinajstić information content (AvgIpc) is 2.29. The zero-order valence-electron chi connectivity index (χ0n) is 10.5. The molecule has 96 valence electrons. The molecule has 3 nitrogen and oxygen atoms in total. The fraction of sp³-hybridized carbons (Fsp3) is 0.538. The van der Waals surface area contributed by atoms with Crippen LogP contribution in [0.3, 0.4) is 0 Å². The summed E-state index contributed by atoms with van der Waals surface area (Å²) in [5.74, 6) is 0.219. The molecule has 0 saturated heterocycles. The van der Waals surface area contributed by atoms with Crippen molar-refractivity contribution < 1.29 is 14.2 Å². The third-order valence-electron chi connectivity index (χ3n) is 2.79. The summed E-state index contributed by atoms with van der Waals surface area (Å²) in [4.78, 5) is 0. The first kappa shape index (κ1) is 13.9. The van der Waals surface area contributed by atoms with Crippen LogP contribution in [0.1, 0.15) is 19.4 Å². The maximum absolute atomic E-state index is 13.4. The van der Waals surface area contributed by atoms with Crippen LogP contribution in [-0.4, -0.2) is 24.9 Å². The molecule has 0 aliphatic carbocycles. The number of ether oxygens (including phenoxy) is 1. The Kier molecular flexibility index (Phi) is 5.38. The van der Waals surface area contributed by atoms with E-state index >= 15 is 0 Å². The van der Waals surface area contributed by atoms with Crippen LogP contribution in [0.2, 0.25) is 0 Å². The normalized spacial score (nSPS) is 12.8. The number of nitrogens with one attached hydrogen (secondary N) is 1. The summed E-state index contributed by atoms with van der Waals surface area (Å²) >= 11 is 0. The highest BCUT2D eigenvalue weighted by Gasteiger charge is 2.11. The van der Waals surface area contributed by atoms with Gasteiger partial charge in [-0.2, -0.15) is 0 Å². The quantitative estimate of drug-likeness (QED) is 0.799. The first-order chi connectivity index (χ1) is 8.08. The van der Waals surface area contributed by atoms with Crippen LogP contribution in [-0.2, 0) is 6.54 Å². The lowest BCUT2D eigenvalue weighted by Gasteiger charge is -2.20. The van der Waals surface area contributed by atoms with Crippen molar-refractivity contribution in [2.75, 3.05) is 13.7 Å². The molecule has 0 heterocycles. The van der Waals surface area contributed by atoms with Crippen molar-refractivity contribution in [2.45, 2.75) is 26.4 Å². The smallest absolute Gasteiger partial charge is 0.165 e. The van der Waals surface area contributed by atoms with Gasteiger partial charge in [0.05, 0.1) is 13.7 Å². The van der Waals surface area contributed by atoms with Gasteiger partial charge in [-0.25, -0.2) is 4.39 Å². The molecule has 1 rings (SSSR count). The summed E-state index contributed by atoms with van der Waals surface area (Å²) in [6.07, 6.45) is 0. The highest BCUT2D eigenvalue weighted by Crippen LogP contribution is 2.17.